The van der Waals surface area contributed by atoms with Crippen molar-refractivity contribution in [2.75, 3.05) is 7.11 Å². The van der Waals surface area contributed by atoms with Crippen LogP contribution < -0.4 is 9.47 Å². The SMILES string of the molecule is COc1cc(/C=C2\N=C(c3ccco3)OC2=O)cc(Br)c1OCc1cccc(F)c1. The lowest BCUT2D eigenvalue weighted by atomic mass is 10.1. The summed E-state index contributed by atoms with van der Waals surface area (Å²) >= 11 is 3.46. The van der Waals surface area contributed by atoms with E-state index in [1.165, 1.54) is 25.5 Å². The third-order valence-corrected chi connectivity index (χ3v) is 4.77. The maximum absolute atomic E-state index is 13.4. The van der Waals surface area contributed by atoms with E-state index in [1.54, 1.807) is 42.5 Å². The number of halogens is 2. The molecule has 2 heterocycles. The van der Waals surface area contributed by atoms with Crippen molar-refractivity contribution in [3.05, 3.63) is 87.7 Å². The Hall–Kier alpha value is -3.39. The van der Waals surface area contributed by atoms with Gasteiger partial charge in [-0.1, -0.05) is 12.1 Å². The number of carbonyl (C=O) groups is 1. The molecule has 1 aliphatic heterocycles. The number of hydrogen-bond donors (Lipinski definition) is 0. The molecule has 1 aromatic heterocycles. The van der Waals surface area contributed by atoms with E-state index in [9.17, 15) is 9.18 Å². The van der Waals surface area contributed by atoms with Crippen LogP contribution in [0.3, 0.4) is 0 Å². The first-order chi connectivity index (χ1) is 14.5. The fraction of sp³-hybridized carbons (Fsp3) is 0.0909. The van der Waals surface area contributed by atoms with Gasteiger partial charge in [0.2, 0.25) is 0 Å². The Kier molecular flexibility index (Phi) is 5.67. The summed E-state index contributed by atoms with van der Waals surface area (Å²) in [5, 5.41) is 0. The largest absolute Gasteiger partial charge is 0.493 e. The summed E-state index contributed by atoms with van der Waals surface area (Å²) in [6.07, 6.45) is 3.04. The summed E-state index contributed by atoms with van der Waals surface area (Å²) in [5.41, 5.74) is 1.46. The van der Waals surface area contributed by atoms with E-state index in [-0.39, 0.29) is 24.0 Å². The number of aliphatic imine (C=N–C) groups is 1. The molecule has 0 unspecified atom stereocenters. The van der Waals surface area contributed by atoms with Crippen LogP contribution in [0.25, 0.3) is 6.08 Å². The van der Waals surface area contributed by atoms with Crippen LogP contribution in [0, 0.1) is 5.82 Å². The first-order valence-electron chi connectivity index (χ1n) is 8.84. The monoisotopic (exact) mass is 471 g/mol. The molecule has 30 heavy (non-hydrogen) atoms. The fourth-order valence-electron chi connectivity index (χ4n) is 2.82. The highest BCUT2D eigenvalue weighted by molar-refractivity contribution is 9.10. The van der Waals surface area contributed by atoms with Crippen molar-refractivity contribution in [2.24, 2.45) is 4.99 Å². The van der Waals surface area contributed by atoms with E-state index in [0.29, 0.717) is 32.9 Å². The van der Waals surface area contributed by atoms with E-state index in [1.807, 2.05) is 0 Å². The third kappa shape index (κ3) is 4.28. The molecule has 3 aromatic rings. The van der Waals surface area contributed by atoms with E-state index in [0.717, 1.165) is 0 Å². The minimum Gasteiger partial charge on any atom is -0.493 e. The number of benzene rings is 2. The van der Waals surface area contributed by atoms with E-state index >= 15 is 0 Å². The number of carbonyl (C=O) groups excluding carboxylic acids is 1. The van der Waals surface area contributed by atoms with Crippen molar-refractivity contribution in [1.29, 1.82) is 0 Å². The molecule has 0 spiro atoms. The molecule has 2 aromatic carbocycles. The molecule has 0 aliphatic carbocycles. The van der Waals surface area contributed by atoms with Crippen LogP contribution in [0.4, 0.5) is 4.39 Å². The molecule has 0 amide bonds. The maximum Gasteiger partial charge on any atom is 0.363 e. The zero-order valence-electron chi connectivity index (χ0n) is 15.7. The predicted octanol–water partition coefficient (Wildman–Crippen LogP) is 5.11. The molecule has 0 bridgehead atoms. The Morgan fingerprint density at radius 2 is 2.07 bits per heavy atom. The summed E-state index contributed by atoms with van der Waals surface area (Å²) in [6.45, 7) is 0.163. The standard InChI is InChI=1S/C22H15BrFNO5/c1-27-19-11-14(10-17-22(26)30-21(25-17)18-6-3-7-28-18)9-16(23)20(19)29-12-13-4-2-5-15(24)8-13/h2-11H,12H2,1H3/b17-10-. The van der Waals surface area contributed by atoms with Crippen molar-refractivity contribution < 1.29 is 27.8 Å². The predicted molar refractivity (Wildman–Crippen MR) is 111 cm³/mol. The van der Waals surface area contributed by atoms with Gasteiger partial charge in [-0.2, -0.15) is 0 Å². The number of nitrogens with zero attached hydrogens (tertiary/aromatic N) is 1. The fourth-order valence-corrected chi connectivity index (χ4v) is 3.39. The zero-order chi connectivity index (χ0) is 21.1. The van der Waals surface area contributed by atoms with Gasteiger partial charge in [0.25, 0.3) is 5.90 Å². The topological polar surface area (TPSA) is 70.3 Å². The van der Waals surface area contributed by atoms with Crippen LogP contribution in [0.5, 0.6) is 11.5 Å². The summed E-state index contributed by atoms with van der Waals surface area (Å²) in [7, 11) is 1.50. The molecule has 0 saturated heterocycles. The van der Waals surface area contributed by atoms with Gasteiger partial charge in [0.1, 0.15) is 12.4 Å². The van der Waals surface area contributed by atoms with Crippen molar-refractivity contribution in [2.45, 2.75) is 6.61 Å². The number of cyclic esters (lactones) is 1. The summed E-state index contributed by atoms with van der Waals surface area (Å²) in [4.78, 5) is 16.3. The lowest BCUT2D eigenvalue weighted by Gasteiger charge is -2.13. The first-order valence-corrected chi connectivity index (χ1v) is 9.64. The normalized spacial score (nSPS) is 14.6. The number of ether oxygens (including phenoxy) is 3. The summed E-state index contributed by atoms with van der Waals surface area (Å²) in [5.74, 6) is 0.459. The van der Waals surface area contributed by atoms with Gasteiger partial charge >= 0.3 is 5.97 Å². The van der Waals surface area contributed by atoms with Gasteiger partial charge in [0.15, 0.2) is 23.0 Å². The van der Waals surface area contributed by atoms with Gasteiger partial charge in [-0.05, 0) is 69.5 Å². The van der Waals surface area contributed by atoms with Gasteiger partial charge in [-0.25, -0.2) is 14.2 Å². The summed E-state index contributed by atoms with van der Waals surface area (Å²) in [6, 6.07) is 12.9. The van der Waals surface area contributed by atoms with Crippen LogP contribution in [-0.2, 0) is 16.1 Å². The molecule has 8 heteroatoms. The van der Waals surface area contributed by atoms with E-state index in [4.69, 9.17) is 18.6 Å². The average Bonchev–Trinajstić information content (AvgIpc) is 3.37. The summed E-state index contributed by atoms with van der Waals surface area (Å²) < 4.78 is 35.6. The lowest BCUT2D eigenvalue weighted by molar-refractivity contribution is -0.130. The average molecular weight is 472 g/mol. The number of esters is 1. The highest BCUT2D eigenvalue weighted by Gasteiger charge is 2.26. The van der Waals surface area contributed by atoms with E-state index < -0.39 is 5.97 Å². The molecule has 0 fully saturated rings. The number of furan rings is 1. The maximum atomic E-state index is 13.4. The zero-order valence-corrected chi connectivity index (χ0v) is 17.3. The second kappa shape index (κ2) is 8.54. The number of methoxy groups -OCH3 is 1. The highest BCUT2D eigenvalue weighted by Crippen LogP contribution is 2.38. The minimum absolute atomic E-state index is 0.109. The number of hydrogen-bond acceptors (Lipinski definition) is 6. The van der Waals surface area contributed by atoms with Crippen LogP contribution in [0.2, 0.25) is 0 Å². The molecule has 0 N–H and O–H groups in total. The molecule has 0 radical (unpaired) electrons. The van der Waals surface area contributed by atoms with Crippen LogP contribution in [-0.4, -0.2) is 19.0 Å². The minimum atomic E-state index is -0.581. The van der Waals surface area contributed by atoms with Gasteiger partial charge in [0.05, 0.1) is 17.8 Å². The van der Waals surface area contributed by atoms with Crippen molar-refractivity contribution in [3.63, 3.8) is 0 Å². The van der Waals surface area contributed by atoms with Gasteiger partial charge in [-0.15, -0.1) is 0 Å². The van der Waals surface area contributed by atoms with Gasteiger partial charge in [0, 0.05) is 0 Å². The van der Waals surface area contributed by atoms with Gasteiger partial charge in [-0.3, -0.25) is 0 Å². The van der Waals surface area contributed by atoms with E-state index in [2.05, 4.69) is 20.9 Å². The van der Waals surface area contributed by atoms with Gasteiger partial charge < -0.3 is 18.6 Å². The third-order valence-electron chi connectivity index (χ3n) is 4.18. The van der Waals surface area contributed by atoms with Crippen molar-refractivity contribution >= 4 is 33.9 Å². The second-order valence-electron chi connectivity index (χ2n) is 6.27. The Balaban J connectivity index is 1.59. The molecular weight excluding hydrogens is 457 g/mol. The van der Waals surface area contributed by atoms with Crippen LogP contribution in [0.1, 0.15) is 16.9 Å². The van der Waals surface area contributed by atoms with Crippen molar-refractivity contribution in [1.82, 2.24) is 0 Å². The second-order valence-corrected chi connectivity index (χ2v) is 7.12. The van der Waals surface area contributed by atoms with Crippen LogP contribution >= 0.6 is 15.9 Å². The molecule has 152 valence electrons. The first kappa shape index (κ1) is 19.9. The molecular formula is C22H15BrFNO5. The quantitative estimate of drug-likeness (QED) is 0.368. The Labute approximate surface area is 179 Å². The lowest BCUT2D eigenvalue weighted by Crippen LogP contribution is -2.04. The van der Waals surface area contributed by atoms with Crippen LogP contribution in [0.15, 0.2) is 74.4 Å². The molecule has 0 atom stereocenters. The Bertz CT molecular complexity index is 1150. The van der Waals surface area contributed by atoms with Crippen molar-refractivity contribution in [3.8, 4) is 11.5 Å². The highest BCUT2D eigenvalue weighted by atomic mass is 79.9. The molecule has 1 aliphatic rings. The molecule has 0 saturated carbocycles. The molecule has 4 rings (SSSR count). The Morgan fingerprint density at radius 3 is 2.80 bits per heavy atom. The smallest absolute Gasteiger partial charge is 0.363 e. The Morgan fingerprint density at radius 1 is 1.20 bits per heavy atom. The molecule has 6 nitrogen and oxygen atoms in total. The number of rotatable bonds is 6.